The summed E-state index contributed by atoms with van der Waals surface area (Å²) in [6.07, 6.45) is 0. The Morgan fingerprint density at radius 3 is 1.53 bits per heavy atom. The van der Waals surface area contributed by atoms with E-state index in [4.69, 9.17) is 0 Å². The van der Waals surface area contributed by atoms with Gasteiger partial charge in [0.1, 0.15) is 9.79 Å². The van der Waals surface area contributed by atoms with Crippen molar-refractivity contribution >= 4 is 76.2 Å². The SMILES string of the molecule is O=S1(=O)CCS(=O)(=O)c2c(I)sc(I)c21. The third-order valence-corrected chi connectivity index (χ3v) is 10.1. The average molecular weight is 490 g/mol. The molecule has 1 aromatic heterocycles. The molecule has 4 nitrogen and oxygen atoms in total. The normalized spacial score (nSPS) is 22.3. The predicted molar refractivity (Wildman–Crippen MR) is 73.9 cm³/mol. The Balaban J connectivity index is 2.97. The molecule has 0 saturated carbocycles. The van der Waals surface area contributed by atoms with Crippen LogP contribution in [0.25, 0.3) is 0 Å². The van der Waals surface area contributed by atoms with Crippen LogP contribution in [-0.2, 0) is 19.7 Å². The van der Waals surface area contributed by atoms with E-state index in [9.17, 15) is 16.8 Å². The van der Waals surface area contributed by atoms with E-state index in [1.807, 2.05) is 45.2 Å². The second kappa shape index (κ2) is 3.78. The molecule has 0 N–H and O–H groups in total. The summed E-state index contributed by atoms with van der Waals surface area (Å²) in [5.74, 6) is -0.601. The molecule has 1 aromatic rings. The summed E-state index contributed by atoms with van der Waals surface area (Å²) in [6.45, 7) is 0. The maximum atomic E-state index is 11.7. The molecule has 0 unspecified atom stereocenters. The largest absolute Gasteiger partial charge is 0.224 e. The first-order valence-electron chi connectivity index (χ1n) is 3.69. The van der Waals surface area contributed by atoms with Crippen LogP contribution in [0.5, 0.6) is 0 Å². The van der Waals surface area contributed by atoms with Crippen molar-refractivity contribution < 1.29 is 16.8 Å². The van der Waals surface area contributed by atoms with Gasteiger partial charge in [-0.15, -0.1) is 11.3 Å². The number of hydrogen-bond acceptors (Lipinski definition) is 5. The van der Waals surface area contributed by atoms with Gasteiger partial charge in [-0.2, -0.15) is 0 Å². The molecular weight excluding hydrogens is 486 g/mol. The highest BCUT2D eigenvalue weighted by Crippen LogP contribution is 2.40. The van der Waals surface area contributed by atoms with Crippen molar-refractivity contribution in [3.05, 3.63) is 5.77 Å². The molecule has 15 heavy (non-hydrogen) atoms. The maximum absolute atomic E-state index is 11.7. The summed E-state index contributed by atoms with van der Waals surface area (Å²) in [4.78, 5) is 0.0347. The maximum Gasteiger partial charge on any atom is 0.182 e. The highest BCUT2D eigenvalue weighted by atomic mass is 127. The van der Waals surface area contributed by atoms with E-state index in [2.05, 4.69) is 0 Å². The quantitative estimate of drug-likeness (QED) is 0.518. The van der Waals surface area contributed by atoms with Crippen molar-refractivity contribution in [2.75, 3.05) is 11.5 Å². The lowest BCUT2D eigenvalue weighted by Crippen LogP contribution is -2.25. The summed E-state index contributed by atoms with van der Waals surface area (Å²) in [7, 11) is -6.81. The molecule has 1 aliphatic heterocycles. The standard InChI is InChI=1S/C6H4I2O4S3/c7-5-3-4(6(8)13-5)15(11,12)2-1-14(3,9)10/h1-2H2. The predicted octanol–water partition coefficient (Wildman–Crippen LogP) is 1.52. The fourth-order valence-electron chi connectivity index (χ4n) is 1.30. The molecule has 84 valence electrons. The minimum Gasteiger partial charge on any atom is -0.224 e. The molecule has 0 bridgehead atoms. The number of halogens is 2. The first kappa shape index (κ1) is 12.5. The van der Waals surface area contributed by atoms with Gasteiger partial charge in [0.05, 0.1) is 17.3 Å². The first-order valence-corrected chi connectivity index (χ1v) is 9.97. The van der Waals surface area contributed by atoms with E-state index in [0.29, 0.717) is 5.77 Å². The summed E-state index contributed by atoms with van der Waals surface area (Å²) in [6, 6.07) is 0. The van der Waals surface area contributed by atoms with Gasteiger partial charge < -0.3 is 0 Å². The second-order valence-corrected chi connectivity index (χ2v) is 11.7. The van der Waals surface area contributed by atoms with Crippen LogP contribution < -0.4 is 0 Å². The van der Waals surface area contributed by atoms with Gasteiger partial charge in [0, 0.05) is 0 Å². The second-order valence-electron chi connectivity index (χ2n) is 2.95. The molecule has 0 radical (unpaired) electrons. The summed E-state index contributed by atoms with van der Waals surface area (Å²) in [5.41, 5.74) is 0. The van der Waals surface area contributed by atoms with Gasteiger partial charge in [0.2, 0.25) is 0 Å². The molecule has 0 aliphatic carbocycles. The molecule has 0 atom stereocenters. The zero-order valence-electron chi connectivity index (χ0n) is 7.03. The third kappa shape index (κ3) is 1.98. The molecule has 0 spiro atoms. The van der Waals surface area contributed by atoms with Crippen molar-refractivity contribution in [3.63, 3.8) is 0 Å². The number of thiophene rings is 1. The fraction of sp³-hybridized carbons (Fsp3) is 0.333. The van der Waals surface area contributed by atoms with Gasteiger partial charge in [-0.3, -0.25) is 0 Å². The van der Waals surface area contributed by atoms with Crippen LogP contribution in [0.1, 0.15) is 0 Å². The zero-order valence-corrected chi connectivity index (χ0v) is 13.8. The number of hydrogen-bond donors (Lipinski definition) is 0. The van der Waals surface area contributed by atoms with Gasteiger partial charge in [0.25, 0.3) is 0 Å². The molecule has 9 heteroatoms. The Bertz CT molecular complexity index is 571. The molecule has 0 saturated heterocycles. The van der Waals surface area contributed by atoms with Gasteiger partial charge in [-0.05, 0) is 45.2 Å². The molecule has 0 fully saturated rings. The number of fused-ring (bicyclic) bond motifs is 1. The molecule has 1 aliphatic rings. The molecule has 0 amide bonds. The lowest BCUT2D eigenvalue weighted by atomic mass is 10.6. The summed E-state index contributed by atoms with van der Waals surface area (Å²) < 4.78 is 48.0. The first-order chi connectivity index (χ1) is 6.76. The van der Waals surface area contributed by atoms with Gasteiger partial charge in [0.15, 0.2) is 19.7 Å². The van der Waals surface area contributed by atoms with Crippen LogP contribution in [0.15, 0.2) is 9.79 Å². The lowest BCUT2D eigenvalue weighted by Gasteiger charge is -2.13. The minimum atomic E-state index is -3.40. The van der Waals surface area contributed by atoms with E-state index in [-0.39, 0.29) is 21.3 Å². The molecule has 0 aromatic carbocycles. The van der Waals surface area contributed by atoms with Crippen molar-refractivity contribution in [3.8, 4) is 0 Å². The Hall–Kier alpha value is 1.06. The van der Waals surface area contributed by atoms with Crippen molar-refractivity contribution in [1.82, 2.24) is 0 Å². The van der Waals surface area contributed by atoms with Crippen molar-refractivity contribution in [1.29, 1.82) is 0 Å². The third-order valence-electron chi connectivity index (χ3n) is 1.99. The van der Waals surface area contributed by atoms with Gasteiger partial charge >= 0.3 is 0 Å². The van der Waals surface area contributed by atoms with Crippen LogP contribution in [-0.4, -0.2) is 28.3 Å². The van der Waals surface area contributed by atoms with Crippen LogP contribution >= 0.6 is 56.5 Å². The highest BCUT2D eigenvalue weighted by Gasteiger charge is 2.39. The topological polar surface area (TPSA) is 68.3 Å². The van der Waals surface area contributed by atoms with E-state index in [1.54, 1.807) is 0 Å². The monoisotopic (exact) mass is 490 g/mol. The van der Waals surface area contributed by atoms with E-state index in [0.717, 1.165) is 0 Å². The number of rotatable bonds is 0. The Labute approximate surface area is 119 Å². The average Bonchev–Trinajstić information content (AvgIpc) is 2.38. The Morgan fingerprint density at radius 2 is 1.20 bits per heavy atom. The zero-order chi connectivity index (χ0) is 11.4. The Morgan fingerprint density at radius 1 is 0.867 bits per heavy atom. The van der Waals surface area contributed by atoms with Crippen LogP contribution in [0.3, 0.4) is 0 Å². The van der Waals surface area contributed by atoms with Gasteiger partial charge in [-0.25, -0.2) is 16.8 Å². The van der Waals surface area contributed by atoms with E-state index in [1.165, 1.54) is 11.3 Å². The molecular formula is C6H4I2O4S3. The van der Waals surface area contributed by atoms with Crippen LogP contribution in [0, 0.1) is 5.77 Å². The lowest BCUT2D eigenvalue weighted by molar-refractivity contribution is 0.575. The summed E-state index contributed by atoms with van der Waals surface area (Å²) >= 11 is 4.96. The molecule has 2 heterocycles. The van der Waals surface area contributed by atoms with E-state index < -0.39 is 19.7 Å². The van der Waals surface area contributed by atoms with Crippen molar-refractivity contribution in [2.24, 2.45) is 0 Å². The highest BCUT2D eigenvalue weighted by molar-refractivity contribution is 14.1. The smallest absolute Gasteiger partial charge is 0.182 e. The molecule has 2 rings (SSSR count). The summed E-state index contributed by atoms with van der Waals surface area (Å²) in [5, 5.41) is 0. The van der Waals surface area contributed by atoms with Crippen molar-refractivity contribution in [2.45, 2.75) is 9.79 Å². The van der Waals surface area contributed by atoms with Crippen LogP contribution in [0.2, 0.25) is 0 Å². The van der Waals surface area contributed by atoms with E-state index >= 15 is 0 Å². The van der Waals surface area contributed by atoms with Crippen LogP contribution in [0.4, 0.5) is 0 Å². The fourth-order valence-corrected chi connectivity index (χ4v) is 12.7. The Kier molecular flexibility index (Phi) is 3.15. The number of sulfone groups is 2. The van der Waals surface area contributed by atoms with Gasteiger partial charge in [-0.1, -0.05) is 0 Å². The minimum absolute atomic E-state index is 0.0174.